The number of H-pyrrole nitrogens is 1. The SMILES string of the molecule is Cc1n[nH]c(C)c1NCc1c(C)nc2ccccn12. The Balaban J connectivity index is 1.92. The van der Waals surface area contributed by atoms with Crippen molar-refractivity contribution in [2.24, 2.45) is 0 Å². The third-order valence-corrected chi connectivity index (χ3v) is 3.39. The molecule has 0 aliphatic rings. The zero-order chi connectivity index (χ0) is 13.4. The fraction of sp³-hybridized carbons (Fsp3) is 0.286. The number of aromatic nitrogens is 4. The van der Waals surface area contributed by atoms with Gasteiger partial charge in [0.05, 0.1) is 35.0 Å². The number of nitrogens with one attached hydrogen (secondary N) is 2. The van der Waals surface area contributed by atoms with Crippen LogP contribution in [0.1, 0.15) is 22.8 Å². The summed E-state index contributed by atoms with van der Waals surface area (Å²) in [5.41, 5.74) is 6.34. The molecule has 3 heterocycles. The van der Waals surface area contributed by atoms with E-state index in [9.17, 15) is 0 Å². The lowest BCUT2D eigenvalue weighted by atomic mass is 10.3. The average molecular weight is 255 g/mol. The van der Waals surface area contributed by atoms with Crippen LogP contribution in [0.25, 0.3) is 5.65 Å². The molecule has 0 atom stereocenters. The van der Waals surface area contributed by atoms with Gasteiger partial charge >= 0.3 is 0 Å². The maximum absolute atomic E-state index is 4.56. The zero-order valence-corrected chi connectivity index (χ0v) is 11.4. The number of pyridine rings is 1. The van der Waals surface area contributed by atoms with E-state index in [-0.39, 0.29) is 0 Å². The third kappa shape index (κ3) is 1.97. The average Bonchev–Trinajstić information content (AvgIpc) is 2.88. The standard InChI is InChI=1S/C14H17N5/c1-9-12(19-7-5-4-6-13(19)16-9)8-15-14-10(2)17-18-11(14)3/h4-7,15H,8H2,1-3H3,(H,17,18). The van der Waals surface area contributed by atoms with Crippen LogP contribution in [0.3, 0.4) is 0 Å². The Morgan fingerprint density at radius 2 is 2.05 bits per heavy atom. The summed E-state index contributed by atoms with van der Waals surface area (Å²) in [5, 5.41) is 10.6. The largest absolute Gasteiger partial charge is 0.376 e. The maximum atomic E-state index is 4.56. The minimum atomic E-state index is 0.734. The molecule has 0 saturated carbocycles. The van der Waals surface area contributed by atoms with Gasteiger partial charge in [0, 0.05) is 6.20 Å². The Kier molecular flexibility index (Phi) is 2.74. The molecular formula is C14H17N5. The van der Waals surface area contributed by atoms with E-state index in [1.165, 1.54) is 5.69 Å². The molecule has 0 spiro atoms. The molecule has 0 amide bonds. The highest BCUT2D eigenvalue weighted by Crippen LogP contribution is 2.19. The number of nitrogens with zero attached hydrogens (tertiary/aromatic N) is 3. The molecule has 5 heteroatoms. The van der Waals surface area contributed by atoms with Crippen molar-refractivity contribution in [3.63, 3.8) is 0 Å². The quantitative estimate of drug-likeness (QED) is 0.756. The van der Waals surface area contributed by atoms with Gasteiger partial charge in [-0.3, -0.25) is 5.10 Å². The second-order valence-corrected chi connectivity index (χ2v) is 4.74. The van der Waals surface area contributed by atoms with Crippen LogP contribution in [0, 0.1) is 20.8 Å². The predicted molar refractivity (Wildman–Crippen MR) is 75.3 cm³/mol. The van der Waals surface area contributed by atoms with Gasteiger partial charge < -0.3 is 9.72 Å². The van der Waals surface area contributed by atoms with Gasteiger partial charge in [-0.25, -0.2) is 4.98 Å². The molecule has 0 aromatic carbocycles. The molecule has 5 nitrogen and oxygen atoms in total. The molecule has 0 radical (unpaired) electrons. The molecule has 19 heavy (non-hydrogen) atoms. The van der Waals surface area contributed by atoms with Crippen LogP contribution in [-0.2, 0) is 6.54 Å². The summed E-state index contributed by atoms with van der Waals surface area (Å²) in [6.45, 7) is 6.79. The fourth-order valence-corrected chi connectivity index (χ4v) is 2.36. The first kappa shape index (κ1) is 11.8. The molecule has 0 aliphatic carbocycles. The van der Waals surface area contributed by atoms with Crippen molar-refractivity contribution >= 4 is 11.3 Å². The Labute approximate surface area is 111 Å². The highest BCUT2D eigenvalue weighted by atomic mass is 15.2. The van der Waals surface area contributed by atoms with E-state index in [2.05, 4.69) is 24.9 Å². The molecule has 0 bridgehead atoms. The highest BCUT2D eigenvalue weighted by Gasteiger charge is 2.10. The summed E-state index contributed by atoms with van der Waals surface area (Å²) in [4.78, 5) is 4.56. The molecule has 3 rings (SSSR count). The summed E-state index contributed by atoms with van der Waals surface area (Å²) >= 11 is 0. The van der Waals surface area contributed by atoms with Crippen LogP contribution in [0.15, 0.2) is 24.4 Å². The van der Waals surface area contributed by atoms with Gasteiger partial charge in [-0.15, -0.1) is 0 Å². The number of hydrogen-bond acceptors (Lipinski definition) is 3. The lowest BCUT2D eigenvalue weighted by Crippen LogP contribution is -2.05. The first-order valence-electron chi connectivity index (χ1n) is 6.35. The number of hydrogen-bond donors (Lipinski definition) is 2. The van der Waals surface area contributed by atoms with Crippen molar-refractivity contribution in [2.75, 3.05) is 5.32 Å². The highest BCUT2D eigenvalue weighted by molar-refractivity contribution is 5.52. The number of anilines is 1. The third-order valence-electron chi connectivity index (χ3n) is 3.39. The van der Waals surface area contributed by atoms with Crippen molar-refractivity contribution in [1.82, 2.24) is 19.6 Å². The Bertz CT molecular complexity index is 703. The second kappa shape index (κ2) is 4.42. The predicted octanol–water partition coefficient (Wildman–Crippen LogP) is 2.59. The van der Waals surface area contributed by atoms with Gasteiger partial charge in [0.1, 0.15) is 5.65 Å². The number of fused-ring (bicyclic) bond motifs is 1. The first-order valence-corrected chi connectivity index (χ1v) is 6.35. The smallest absolute Gasteiger partial charge is 0.137 e. The Morgan fingerprint density at radius 1 is 1.21 bits per heavy atom. The van der Waals surface area contributed by atoms with Gasteiger partial charge in [-0.05, 0) is 32.9 Å². The summed E-state index contributed by atoms with van der Waals surface area (Å²) < 4.78 is 2.12. The maximum Gasteiger partial charge on any atom is 0.137 e. The van der Waals surface area contributed by atoms with E-state index in [1.54, 1.807) is 0 Å². The monoisotopic (exact) mass is 255 g/mol. The molecular weight excluding hydrogens is 238 g/mol. The molecule has 3 aromatic rings. The first-order chi connectivity index (χ1) is 9.16. The topological polar surface area (TPSA) is 58.0 Å². The summed E-state index contributed by atoms with van der Waals surface area (Å²) in [7, 11) is 0. The van der Waals surface area contributed by atoms with Crippen molar-refractivity contribution in [3.05, 3.63) is 47.2 Å². The van der Waals surface area contributed by atoms with Crippen molar-refractivity contribution in [3.8, 4) is 0 Å². The van der Waals surface area contributed by atoms with Crippen LogP contribution in [-0.4, -0.2) is 19.6 Å². The van der Waals surface area contributed by atoms with Crippen LogP contribution in [0.2, 0.25) is 0 Å². The van der Waals surface area contributed by atoms with E-state index < -0.39 is 0 Å². The molecule has 0 saturated heterocycles. The number of aryl methyl sites for hydroxylation is 3. The van der Waals surface area contributed by atoms with E-state index in [1.807, 2.05) is 45.2 Å². The van der Waals surface area contributed by atoms with Gasteiger partial charge in [0.15, 0.2) is 0 Å². The van der Waals surface area contributed by atoms with Crippen LogP contribution in [0.5, 0.6) is 0 Å². The van der Waals surface area contributed by atoms with Crippen molar-refractivity contribution < 1.29 is 0 Å². The fourth-order valence-electron chi connectivity index (χ4n) is 2.36. The van der Waals surface area contributed by atoms with Gasteiger partial charge in [0.25, 0.3) is 0 Å². The number of rotatable bonds is 3. The molecule has 98 valence electrons. The van der Waals surface area contributed by atoms with E-state index in [0.717, 1.165) is 35.0 Å². The zero-order valence-electron chi connectivity index (χ0n) is 11.4. The molecule has 0 unspecified atom stereocenters. The summed E-state index contributed by atoms with van der Waals surface area (Å²) in [6.07, 6.45) is 2.04. The Hall–Kier alpha value is -2.30. The van der Waals surface area contributed by atoms with Crippen LogP contribution < -0.4 is 5.32 Å². The molecule has 0 aliphatic heterocycles. The minimum absolute atomic E-state index is 0.734. The Morgan fingerprint density at radius 3 is 2.79 bits per heavy atom. The lowest BCUT2D eigenvalue weighted by molar-refractivity contribution is 0.983. The van der Waals surface area contributed by atoms with Gasteiger partial charge in [0.2, 0.25) is 0 Å². The van der Waals surface area contributed by atoms with E-state index in [0.29, 0.717) is 0 Å². The number of imidazole rings is 1. The molecule has 0 fully saturated rings. The van der Waals surface area contributed by atoms with Gasteiger partial charge in [-0.1, -0.05) is 6.07 Å². The second-order valence-electron chi connectivity index (χ2n) is 4.74. The summed E-state index contributed by atoms with van der Waals surface area (Å²) in [5.74, 6) is 0. The van der Waals surface area contributed by atoms with Crippen molar-refractivity contribution in [1.29, 1.82) is 0 Å². The molecule has 3 aromatic heterocycles. The molecule has 2 N–H and O–H groups in total. The van der Waals surface area contributed by atoms with Gasteiger partial charge in [-0.2, -0.15) is 5.10 Å². The van der Waals surface area contributed by atoms with E-state index in [4.69, 9.17) is 0 Å². The van der Waals surface area contributed by atoms with E-state index >= 15 is 0 Å². The summed E-state index contributed by atoms with van der Waals surface area (Å²) in [6, 6.07) is 6.04. The van der Waals surface area contributed by atoms with Crippen LogP contribution >= 0.6 is 0 Å². The number of aromatic amines is 1. The normalized spacial score (nSPS) is 11.1. The van der Waals surface area contributed by atoms with Crippen molar-refractivity contribution in [2.45, 2.75) is 27.3 Å². The lowest BCUT2D eigenvalue weighted by Gasteiger charge is -2.07. The minimum Gasteiger partial charge on any atom is -0.376 e. The van der Waals surface area contributed by atoms with Crippen LogP contribution in [0.4, 0.5) is 5.69 Å².